The van der Waals surface area contributed by atoms with Gasteiger partial charge < -0.3 is 39.4 Å². The van der Waals surface area contributed by atoms with Crippen molar-refractivity contribution in [1.29, 1.82) is 0 Å². The molecule has 0 spiro atoms. The molecular weight excluding hydrogens is 588 g/mol. The molecule has 0 saturated carbocycles. The van der Waals surface area contributed by atoms with E-state index in [1.807, 2.05) is 71.9 Å². The van der Waals surface area contributed by atoms with Crippen LogP contribution in [0.3, 0.4) is 0 Å². The standard InChI is InChI=1S/C37H58O9/c1-11-12-13-16-30-26(6)29(38)21-37(42,46-30)28(8)34(40)27(7)35-31(43-9)17-14-15-22(2)18-24(4)33(39)25(5)19-23(3)20-32(44-10)36(41)45-35/h11-17,19-20,24-31,33-35,38-40,42H,18,21H2,1-10H3/b12-11+,16-13+,17-14-,22-15-,23-19-,32-20+/t24-,25+,26-,27-,28-,29+,30+,31-,33-,34+,35+,37+/m0/s1. The maximum absolute atomic E-state index is 13.5. The van der Waals surface area contributed by atoms with E-state index < -0.39 is 60.2 Å². The van der Waals surface area contributed by atoms with Crippen LogP contribution in [0.25, 0.3) is 0 Å². The Labute approximate surface area is 276 Å². The lowest BCUT2D eigenvalue weighted by molar-refractivity contribution is -0.313. The predicted molar refractivity (Wildman–Crippen MR) is 179 cm³/mol. The summed E-state index contributed by atoms with van der Waals surface area (Å²) in [5.41, 5.74) is 1.77. The van der Waals surface area contributed by atoms with Crippen LogP contribution >= 0.6 is 0 Å². The number of carbonyl (C=O) groups is 1. The fourth-order valence-corrected chi connectivity index (χ4v) is 6.30. The van der Waals surface area contributed by atoms with Crippen LogP contribution in [0.5, 0.6) is 0 Å². The van der Waals surface area contributed by atoms with Crippen LogP contribution in [0.15, 0.2) is 71.6 Å². The van der Waals surface area contributed by atoms with Crippen molar-refractivity contribution < 1.29 is 44.2 Å². The molecule has 0 aromatic carbocycles. The number of rotatable bonds is 8. The molecule has 2 aliphatic rings. The highest BCUT2D eigenvalue weighted by Crippen LogP contribution is 2.40. The summed E-state index contributed by atoms with van der Waals surface area (Å²) in [4.78, 5) is 13.5. The van der Waals surface area contributed by atoms with E-state index in [2.05, 4.69) is 0 Å². The highest BCUT2D eigenvalue weighted by atomic mass is 16.6. The SMILES string of the molecule is C/C=C/C=C/[C@H]1O[C@@](O)([C@@H](C)[C@H](O)[C@H](C)[C@H]2OC(=O)/C(OC)=C\C(C)=C/[C@@H](C)[C@@H](O)[C@@H](C)C/C(C)=C\C=C/[C@@H]2OC)C[C@@H](O)[C@@H]1C. The van der Waals surface area contributed by atoms with Gasteiger partial charge in [-0.2, -0.15) is 0 Å². The van der Waals surface area contributed by atoms with Gasteiger partial charge in [-0.15, -0.1) is 0 Å². The Morgan fingerprint density at radius 2 is 1.78 bits per heavy atom. The van der Waals surface area contributed by atoms with Gasteiger partial charge >= 0.3 is 5.97 Å². The second kappa shape index (κ2) is 18.1. The maximum atomic E-state index is 13.5. The normalized spacial score (nSPS) is 40.1. The molecule has 2 aliphatic heterocycles. The summed E-state index contributed by atoms with van der Waals surface area (Å²) in [6, 6.07) is 0. The minimum absolute atomic E-state index is 0.0115. The Morgan fingerprint density at radius 1 is 1.11 bits per heavy atom. The lowest BCUT2D eigenvalue weighted by Crippen LogP contribution is -2.58. The molecule has 0 unspecified atom stereocenters. The first kappa shape index (κ1) is 39.6. The zero-order valence-electron chi connectivity index (χ0n) is 29.3. The van der Waals surface area contributed by atoms with E-state index in [9.17, 15) is 25.2 Å². The van der Waals surface area contributed by atoms with Gasteiger partial charge in [-0.25, -0.2) is 4.79 Å². The van der Waals surface area contributed by atoms with Crippen LogP contribution in [0.4, 0.5) is 0 Å². The van der Waals surface area contributed by atoms with Gasteiger partial charge in [-0.05, 0) is 39.2 Å². The van der Waals surface area contributed by atoms with E-state index >= 15 is 0 Å². The zero-order chi connectivity index (χ0) is 34.8. The summed E-state index contributed by atoms with van der Waals surface area (Å²) in [6.45, 7) is 14.9. The second-order valence-corrected chi connectivity index (χ2v) is 13.2. The molecule has 1 saturated heterocycles. The number of ether oxygens (including phenoxy) is 4. The molecule has 9 heteroatoms. The molecule has 46 heavy (non-hydrogen) atoms. The maximum Gasteiger partial charge on any atom is 0.373 e. The van der Waals surface area contributed by atoms with Gasteiger partial charge in [0.15, 0.2) is 5.79 Å². The summed E-state index contributed by atoms with van der Waals surface area (Å²) in [5.74, 6) is -4.77. The number of aliphatic hydroxyl groups is 4. The Morgan fingerprint density at radius 3 is 2.39 bits per heavy atom. The molecule has 9 nitrogen and oxygen atoms in total. The van der Waals surface area contributed by atoms with Gasteiger partial charge in [0.25, 0.3) is 0 Å². The molecule has 12 atom stereocenters. The number of allylic oxidation sites excluding steroid dienone is 8. The van der Waals surface area contributed by atoms with Gasteiger partial charge in [0, 0.05) is 37.2 Å². The van der Waals surface area contributed by atoms with Crippen molar-refractivity contribution in [3.05, 3.63) is 71.6 Å². The fourth-order valence-electron chi connectivity index (χ4n) is 6.30. The minimum atomic E-state index is -1.86. The van der Waals surface area contributed by atoms with Crippen LogP contribution in [-0.4, -0.2) is 83.0 Å². The average Bonchev–Trinajstić information content (AvgIpc) is 3.01. The fraction of sp³-hybridized carbons (Fsp3) is 0.649. The number of esters is 1. The number of hydrogen-bond donors (Lipinski definition) is 4. The van der Waals surface area contributed by atoms with E-state index in [1.165, 1.54) is 14.2 Å². The first-order valence-electron chi connectivity index (χ1n) is 16.4. The largest absolute Gasteiger partial charge is 0.490 e. The molecule has 2 rings (SSSR count). The smallest absolute Gasteiger partial charge is 0.373 e. The van der Waals surface area contributed by atoms with Crippen molar-refractivity contribution >= 4 is 5.97 Å². The number of carbonyl (C=O) groups excluding carboxylic acids is 1. The van der Waals surface area contributed by atoms with E-state index in [4.69, 9.17) is 18.9 Å². The second-order valence-electron chi connectivity index (χ2n) is 13.2. The Hall–Kier alpha value is -2.53. The lowest BCUT2D eigenvalue weighted by Gasteiger charge is -2.47. The molecule has 0 aliphatic carbocycles. The van der Waals surface area contributed by atoms with Crippen LogP contribution in [-0.2, 0) is 23.7 Å². The molecule has 4 N–H and O–H groups in total. The van der Waals surface area contributed by atoms with Crippen LogP contribution in [0.2, 0.25) is 0 Å². The van der Waals surface area contributed by atoms with Crippen molar-refractivity contribution in [3.8, 4) is 0 Å². The molecule has 0 bridgehead atoms. The van der Waals surface area contributed by atoms with Crippen molar-refractivity contribution in [2.75, 3.05) is 14.2 Å². The van der Waals surface area contributed by atoms with Crippen molar-refractivity contribution in [2.45, 2.75) is 111 Å². The summed E-state index contributed by atoms with van der Waals surface area (Å²) in [5, 5.41) is 45.2. The summed E-state index contributed by atoms with van der Waals surface area (Å²) >= 11 is 0. The third kappa shape index (κ3) is 10.5. The van der Waals surface area contributed by atoms with E-state index in [0.717, 1.165) is 11.1 Å². The molecule has 0 aromatic heterocycles. The topological polar surface area (TPSA) is 135 Å². The molecule has 2 heterocycles. The van der Waals surface area contributed by atoms with E-state index in [1.54, 1.807) is 38.2 Å². The van der Waals surface area contributed by atoms with Crippen molar-refractivity contribution in [3.63, 3.8) is 0 Å². The number of hydrogen-bond acceptors (Lipinski definition) is 9. The molecule has 1 fully saturated rings. The third-order valence-corrected chi connectivity index (χ3v) is 9.44. The number of aliphatic hydroxyl groups excluding tert-OH is 3. The van der Waals surface area contributed by atoms with Crippen molar-refractivity contribution in [2.24, 2.45) is 29.6 Å². The third-order valence-electron chi connectivity index (χ3n) is 9.44. The molecule has 260 valence electrons. The van der Waals surface area contributed by atoms with Gasteiger partial charge in [0.2, 0.25) is 5.76 Å². The van der Waals surface area contributed by atoms with Gasteiger partial charge in [-0.1, -0.05) is 94.4 Å². The molecule has 0 radical (unpaired) electrons. The Kier molecular flexibility index (Phi) is 15.6. The van der Waals surface area contributed by atoms with Gasteiger partial charge in [0.05, 0.1) is 31.5 Å². The van der Waals surface area contributed by atoms with Crippen LogP contribution < -0.4 is 0 Å². The van der Waals surface area contributed by atoms with Gasteiger partial charge in [-0.3, -0.25) is 0 Å². The predicted octanol–water partition coefficient (Wildman–Crippen LogP) is 5.17. The minimum Gasteiger partial charge on any atom is -0.490 e. The van der Waals surface area contributed by atoms with Gasteiger partial charge in [0.1, 0.15) is 12.2 Å². The highest BCUT2D eigenvalue weighted by molar-refractivity contribution is 5.87. The summed E-state index contributed by atoms with van der Waals surface area (Å²) in [7, 11) is 2.86. The first-order valence-corrected chi connectivity index (χ1v) is 16.4. The van der Waals surface area contributed by atoms with E-state index in [-0.39, 0.29) is 29.9 Å². The van der Waals surface area contributed by atoms with E-state index in [0.29, 0.717) is 6.42 Å². The lowest BCUT2D eigenvalue weighted by atomic mass is 9.77. The highest BCUT2D eigenvalue weighted by Gasteiger charge is 2.50. The van der Waals surface area contributed by atoms with Crippen molar-refractivity contribution in [1.82, 2.24) is 0 Å². The Bertz CT molecular complexity index is 1170. The van der Waals surface area contributed by atoms with Crippen LogP contribution in [0.1, 0.15) is 68.2 Å². The summed E-state index contributed by atoms with van der Waals surface area (Å²) in [6.07, 6.45) is 11.8. The number of methoxy groups -OCH3 is 2. The Balaban J connectivity index is 2.51. The zero-order valence-corrected chi connectivity index (χ0v) is 29.3. The molecule has 0 aromatic rings. The quantitative estimate of drug-likeness (QED) is 0.208. The number of cyclic esters (lactones) is 1. The first-order chi connectivity index (χ1) is 21.6. The monoisotopic (exact) mass is 646 g/mol. The molecular formula is C37H58O9. The average molecular weight is 647 g/mol. The van der Waals surface area contributed by atoms with Crippen LogP contribution in [0, 0.1) is 29.6 Å². The molecule has 0 amide bonds. The summed E-state index contributed by atoms with van der Waals surface area (Å²) < 4.78 is 23.4.